The molecule has 3 aromatic rings. The number of nitro groups is 1. The second-order valence-electron chi connectivity index (χ2n) is 8.40. The Hall–Kier alpha value is -3.40. The van der Waals surface area contributed by atoms with Crippen molar-refractivity contribution in [2.75, 3.05) is 31.1 Å². The first-order chi connectivity index (χ1) is 15.7. The highest BCUT2D eigenvalue weighted by molar-refractivity contribution is 5.51. The van der Waals surface area contributed by atoms with Crippen LogP contribution in [0.15, 0.2) is 48.8 Å². The summed E-state index contributed by atoms with van der Waals surface area (Å²) in [6, 6.07) is 11.2. The van der Waals surface area contributed by atoms with Gasteiger partial charge >= 0.3 is 0 Å². The van der Waals surface area contributed by atoms with Gasteiger partial charge in [-0.05, 0) is 53.1 Å². The number of piperazine rings is 1. The lowest BCUT2D eigenvalue weighted by Gasteiger charge is -2.40. The van der Waals surface area contributed by atoms with E-state index < -0.39 is 0 Å². The predicted octanol–water partition coefficient (Wildman–Crippen LogP) is 3.00. The molecule has 1 atom stereocenters. The van der Waals surface area contributed by atoms with E-state index in [1.165, 1.54) is 12.8 Å². The first-order valence-corrected chi connectivity index (χ1v) is 11.1. The zero-order chi connectivity index (χ0) is 21.9. The largest absolute Gasteiger partial charge is 0.369 e. The number of benzene rings is 1. The zero-order valence-electron chi connectivity index (χ0n) is 17.8. The maximum Gasteiger partial charge on any atom is 0.269 e. The van der Waals surface area contributed by atoms with Crippen LogP contribution < -0.4 is 4.90 Å². The van der Waals surface area contributed by atoms with Crippen LogP contribution in [0.5, 0.6) is 0 Å². The molecule has 0 unspecified atom stereocenters. The van der Waals surface area contributed by atoms with E-state index in [0.29, 0.717) is 6.04 Å². The molecule has 2 aromatic heterocycles. The molecule has 10 heteroatoms. The SMILES string of the molecule is O=[N+]([O-])c1ccc(N2CCN([C@@H](c3ccncc3)c3nnnn3C3CCCC3)CC2)cc1. The molecule has 3 heterocycles. The Morgan fingerprint density at radius 1 is 0.969 bits per heavy atom. The van der Waals surface area contributed by atoms with Crippen LogP contribution in [0.2, 0.25) is 0 Å². The van der Waals surface area contributed by atoms with E-state index in [2.05, 4.69) is 30.3 Å². The normalized spacial score (nSPS) is 18.7. The van der Waals surface area contributed by atoms with Crippen LogP contribution in [0.3, 0.4) is 0 Å². The van der Waals surface area contributed by atoms with Gasteiger partial charge in [-0.15, -0.1) is 5.10 Å². The Labute approximate surface area is 186 Å². The Balaban J connectivity index is 1.37. The molecular weight excluding hydrogens is 408 g/mol. The van der Waals surface area contributed by atoms with Gasteiger partial charge in [-0.25, -0.2) is 4.68 Å². The number of anilines is 1. The molecule has 32 heavy (non-hydrogen) atoms. The highest BCUT2D eigenvalue weighted by Gasteiger charge is 2.33. The molecule has 0 spiro atoms. The number of aromatic nitrogens is 5. The van der Waals surface area contributed by atoms with Crippen molar-refractivity contribution < 1.29 is 4.92 Å². The van der Waals surface area contributed by atoms with E-state index in [-0.39, 0.29) is 16.7 Å². The maximum atomic E-state index is 10.9. The summed E-state index contributed by atoms with van der Waals surface area (Å²) in [6.07, 6.45) is 8.32. The van der Waals surface area contributed by atoms with Crippen LogP contribution >= 0.6 is 0 Å². The number of rotatable bonds is 6. The minimum atomic E-state index is -0.366. The number of tetrazole rings is 1. The average Bonchev–Trinajstić information content (AvgIpc) is 3.53. The number of pyridine rings is 1. The average molecular weight is 435 g/mol. The number of hydrogen-bond acceptors (Lipinski definition) is 8. The van der Waals surface area contributed by atoms with Crippen LogP contribution in [0.25, 0.3) is 0 Å². The predicted molar refractivity (Wildman–Crippen MR) is 118 cm³/mol. The van der Waals surface area contributed by atoms with Crippen molar-refractivity contribution >= 4 is 11.4 Å². The summed E-state index contributed by atoms with van der Waals surface area (Å²) in [5.74, 6) is 0.895. The number of hydrogen-bond donors (Lipinski definition) is 0. The van der Waals surface area contributed by atoms with Gasteiger partial charge in [-0.3, -0.25) is 20.0 Å². The number of nitrogens with zero attached hydrogens (tertiary/aromatic N) is 8. The van der Waals surface area contributed by atoms with E-state index in [9.17, 15) is 10.1 Å². The molecule has 1 aromatic carbocycles. The summed E-state index contributed by atoms with van der Waals surface area (Å²) in [5.41, 5.74) is 2.26. The van der Waals surface area contributed by atoms with Gasteiger partial charge in [0.25, 0.3) is 5.69 Å². The van der Waals surface area contributed by atoms with Gasteiger partial charge in [0.2, 0.25) is 0 Å². The van der Waals surface area contributed by atoms with Crippen molar-refractivity contribution in [3.05, 3.63) is 70.3 Å². The van der Waals surface area contributed by atoms with Crippen molar-refractivity contribution in [3.8, 4) is 0 Å². The summed E-state index contributed by atoms with van der Waals surface area (Å²) in [5, 5.41) is 23.8. The summed E-state index contributed by atoms with van der Waals surface area (Å²) < 4.78 is 2.04. The van der Waals surface area contributed by atoms with Crippen molar-refractivity contribution in [3.63, 3.8) is 0 Å². The second-order valence-corrected chi connectivity index (χ2v) is 8.40. The van der Waals surface area contributed by atoms with Gasteiger partial charge in [0, 0.05) is 56.4 Å². The lowest BCUT2D eigenvalue weighted by atomic mass is 10.0. The van der Waals surface area contributed by atoms with E-state index in [0.717, 1.165) is 56.1 Å². The number of non-ortho nitro benzene ring substituents is 1. The monoisotopic (exact) mass is 434 g/mol. The Morgan fingerprint density at radius 3 is 2.31 bits per heavy atom. The van der Waals surface area contributed by atoms with Crippen molar-refractivity contribution in [2.24, 2.45) is 0 Å². The standard InChI is InChI=1S/C22H26N8O2/c31-30(32)20-7-5-18(6-8-20)27-13-15-28(16-14-27)21(17-9-11-23-12-10-17)22-24-25-26-29(22)19-3-1-2-4-19/h5-12,19,21H,1-4,13-16H2/t21-/m0/s1. The fourth-order valence-corrected chi connectivity index (χ4v) is 4.88. The van der Waals surface area contributed by atoms with Crippen LogP contribution in [-0.4, -0.2) is 61.2 Å². The molecular formula is C22H26N8O2. The van der Waals surface area contributed by atoms with E-state index in [4.69, 9.17) is 0 Å². The van der Waals surface area contributed by atoms with E-state index >= 15 is 0 Å². The lowest BCUT2D eigenvalue weighted by Crippen LogP contribution is -2.48. The third-order valence-electron chi connectivity index (χ3n) is 6.56. The molecule has 0 N–H and O–H groups in total. The first-order valence-electron chi connectivity index (χ1n) is 11.1. The highest BCUT2D eigenvalue weighted by Crippen LogP contribution is 2.34. The summed E-state index contributed by atoms with van der Waals surface area (Å²) in [4.78, 5) is 19.5. The molecule has 5 rings (SSSR count). The van der Waals surface area contributed by atoms with Crippen molar-refractivity contribution in [1.82, 2.24) is 30.1 Å². The topological polar surface area (TPSA) is 106 Å². The molecule has 1 saturated heterocycles. The Kier molecular flexibility index (Phi) is 5.76. The molecule has 1 aliphatic carbocycles. The smallest absolute Gasteiger partial charge is 0.269 e. The maximum absolute atomic E-state index is 10.9. The molecule has 0 radical (unpaired) electrons. The van der Waals surface area contributed by atoms with Crippen LogP contribution in [0.1, 0.15) is 49.2 Å². The third kappa shape index (κ3) is 4.05. The molecule has 2 fully saturated rings. The van der Waals surface area contributed by atoms with E-state index in [1.54, 1.807) is 12.1 Å². The molecule has 0 amide bonds. The van der Waals surface area contributed by atoms with Crippen LogP contribution in [0, 0.1) is 10.1 Å². The van der Waals surface area contributed by atoms with Gasteiger partial charge in [-0.2, -0.15) is 0 Å². The minimum Gasteiger partial charge on any atom is -0.369 e. The van der Waals surface area contributed by atoms with Gasteiger partial charge < -0.3 is 4.90 Å². The van der Waals surface area contributed by atoms with Crippen LogP contribution in [0.4, 0.5) is 11.4 Å². The van der Waals surface area contributed by atoms with Gasteiger partial charge in [0.05, 0.1) is 17.0 Å². The minimum absolute atomic E-state index is 0.0346. The van der Waals surface area contributed by atoms with Gasteiger partial charge in [0.15, 0.2) is 5.82 Å². The summed E-state index contributed by atoms with van der Waals surface area (Å²) in [7, 11) is 0. The van der Waals surface area contributed by atoms with Crippen molar-refractivity contribution in [1.29, 1.82) is 0 Å². The molecule has 1 saturated carbocycles. The van der Waals surface area contributed by atoms with E-state index in [1.807, 2.05) is 41.3 Å². The molecule has 166 valence electrons. The number of nitro benzene ring substituents is 1. The zero-order valence-corrected chi connectivity index (χ0v) is 17.8. The van der Waals surface area contributed by atoms with Gasteiger partial charge in [0.1, 0.15) is 0 Å². The van der Waals surface area contributed by atoms with Gasteiger partial charge in [-0.1, -0.05) is 12.8 Å². The summed E-state index contributed by atoms with van der Waals surface area (Å²) in [6.45, 7) is 3.32. The second kappa shape index (κ2) is 8.99. The lowest BCUT2D eigenvalue weighted by molar-refractivity contribution is -0.384. The van der Waals surface area contributed by atoms with Crippen LogP contribution in [-0.2, 0) is 0 Å². The molecule has 10 nitrogen and oxygen atoms in total. The molecule has 2 aliphatic rings. The Bertz CT molecular complexity index is 1040. The summed E-state index contributed by atoms with van der Waals surface area (Å²) >= 11 is 0. The quantitative estimate of drug-likeness (QED) is 0.431. The van der Waals surface area contributed by atoms with Crippen molar-refractivity contribution in [2.45, 2.75) is 37.8 Å². The molecule has 0 bridgehead atoms. The fourth-order valence-electron chi connectivity index (χ4n) is 4.88. The third-order valence-corrected chi connectivity index (χ3v) is 6.56. The first kappa shape index (κ1) is 20.5. The highest BCUT2D eigenvalue weighted by atomic mass is 16.6. The fraction of sp³-hybridized carbons (Fsp3) is 0.455. The molecule has 1 aliphatic heterocycles. The Morgan fingerprint density at radius 2 is 1.66 bits per heavy atom.